The summed E-state index contributed by atoms with van der Waals surface area (Å²) >= 11 is 0. The Morgan fingerprint density at radius 2 is 0.755 bits per heavy atom. The highest BCUT2D eigenvalue weighted by Gasteiger charge is 2.19. The number of nitrogens with zero attached hydrogens (tertiary/aromatic N) is 2. The molecule has 0 amide bonds. The van der Waals surface area contributed by atoms with Crippen molar-refractivity contribution in [2.45, 2.75) is 20.3 Å². The fourth-order valence-electron chi connectivity index (χ4n) is 9.19. The average Bonchev–Trinajstić information content (AvgIpc) is 3.73. The number of rotatable bonds is 4. The number of para-hydroxylation sites is 3. The molecule has 0 atom stereocenters. The van der Waals surface area contributed by atoms with Crippen LogP contribution < -0.4 is 0 Å². The Morgan fingerprint density at radius 1 is 0.340 bits per heavy atom. The van der Waals surface area contributed by atoms with E-state index in [9.17, 15) is 0 Å². The van der Waals surface area contributed by atoms with Crippen molar-refractivity contribution in [3.63, 3.8) is 0 Å². The smallest absolute Gasteiger partial charge is 0.0542 e. The molecule has 11 aromatic rings. The second-order valence-corrected chi connectivity index (χ2v) is 14.4. The van der Waals surface area contributed by atoms with Crippen LogP contribution in [-0.2, 0) is 6.42 Å². The zero-order valence-electron chi connectivity index (χ0n) is 29.8. The van der Waals surface area contributed by atoms with Gasteiger partial charge in [-0.25, -0.2) is 0 Å². The Kier molecular flexibility index (Phi) is 6.48. The molecule has 0 radical (unpaired) electrons. The van der Waals surface area contributed by atoms with Crippen LogP contribution in [0.15, 0.2) is 170 Å². The lowest BCUT2D eigenvalue weighted by atomic mass is 9.88. The lowest BCUT2D eigenvalue weighted by molar-refractivity contribution is 1.12. The molecule has 0 aliphatic carbocycles. The van der Waals surface area contributed by atoms with Gasteiger partial charge in [-0.2, -0.15) is 0 Å². The Hall–Kier alpha value is -6.64. The van der Waals surface area contributed by atoms with Gasteiger partial charge in [0.25, 0.3) is 0 Å². The second-order valence-electron chi connectivity index (χ2n) is 14.4. The van der Waals surface area contributed by atoms with Crippen molar-refractivity contribution in [1.29, 1.82) is 0 Å². The molecule has 0 saturated heterocycles. The molecule has 0 aliphatic rings. The summed E-state index contributed by atoms with van der Waals surface area (Å²) in [6.45, 7) is 4.55. The van der Waals surface area contributed by atoms with Crippen LogP contribution in [0.4, 0.5) is 0 Å². The monoisotopic (exact) mass is 676 g/mol. The Morgan fingerprint density at radius 3 is 1.30 bits per heavy atom. The molecule has 0 aliphatic heterocycles. The molecule has 2 nitrogen and oxygen atoms in total. The minimum atomic E-state index is 0.959. The molecule has 53 heavy (non-hydrogen) atoms. The summed E-state index contributed by atoms with van der Waals surface area (Å²) in [6, 6.07) is 63.1. The molecule has 0 spiro atoms. The topological polar surface area (TPSA) is 9.86 Å². The number of aryl methyl sites for hydroxylation is 2. The maximum Gasteiger partial charge on any atom is 0.0542 e. The fourth-order valence-corrected chi connectivity index (χ4v) is 9.19. The van der Waals surface area contributed by atoms with Gasteiger partial charge in [0.2, 0.25) is 0 Å². The molecule has 0 N–H and O–H groups in total. The zero-order valence-corrected chi connectivity index (χ0v) is 29.8. The van der Waals surface area contributed by atoms with Crippen LogP contribution in [-0.4, -0.2) is 9.13 Å². The fraction of sp³-hybridized carbons (Fsp3) is 0.0588. The van der Waals surface area contributed by atoms with E-state index in [0.717, 1.165) is 6.42 Å². The van der Waals surface area contributed by atoms with E-state index in [1.165, 1.54) is 110 Å². The molecule has 0 saturated carbocycles. The van der Waals surface area contributed by atoms with Gasteiger partial charge in [-0.05, 0) is 123 Å². The molecule has 2 heterocycles. The summed E-state index contributed by atoms with van der Waals surface area (Å²) in [5, 5.41) is 12.9. The molecule has 9 aromatic carbocycles. The van der Waals surface area contributed by atoms with Gasteiger partial charge in [-0.1, -0.05) is 122 Å². The first-order chi connectivity index (χ1) is 26.2. The molecule has 0 fully saturated rings. The summed E-state index contributed by atoms with van der Waals surface area (Å²) in [4.78, 5) is 0. The van der Waals surface area contributed by atoms with Crippen molar-refractivity contribution in [3.05, 3.63) is 181 Å². The Bertz CT molecular complexity index is 3230. The molecule has 2 heteroatoms. The summed E-state index contributed by atoms with van der Waals surface area (Å²) in [6.07, 6.45) is 0.959. The second kappa shape index (κ2) is 11.4. The third-order valence-corrected chi connectivity index (χ3v) is 11.6. The quantitative estimate of drug-likeness (QED) is 0.164. The van der Waals surface area contributed by atoms with Gasteiger partial charge in [0.15, 0.2) is 0 Å². The lowest BCUT2D eigenvalue weighted by Crippen LogP contribution is -1.98. The highest BCUT2D eigenvalue weighted by Crippen LogP contribution is 2.41. The first-order valence-electron chi connectivity index (χ1n) is 18.7. The molecular formula is C51H36N2. The number of benzene rings is 9. The van der Waals surface area contributed by atoms with Gasteiger partial charge in [-0.3, -0.25) is 0 Å². The van der Waals surface area contributed by atoms with E-state index < -0.39 is 0 Å². The average molecular weight is 677 g/mol. The maximum absolute atomic E-state index is 2.46. The largest absolute Gasteiger partial charge is 0.309 e. The number of aromatic nitrogens is 2. The van der Waals surface area contributed by atoms with Crippen molar-refractivity contribution in [2.75, 3.05) is 0 Å². The van der Waals surface area contributed by atoms with E-state index in [1.807, 2.05) is 0 Å². The van der Waals surface area contributed by atoms with Gasteiger partial charge in [0.1, 0.15) is 0 Å². The maximum atomic E-state index is 2.46. The zero-order chi connectivity index (χ0) is 35.2. The number of hydrogen-bond acceptors (Lipinski definition) is 0. The van der Waals surface area contributed by atoms with E-state index in [4.69, 9.17) is 0 Å². The van der Waals surface area contributed by atoms with Crippen molar-refractivity contribution < 1.29 is 0 Å². The molecule has 0 bridgehead atoms. The third-order valence-electron chi connectivity index (χ3n) is 11.6. The van der Waals surface area contributed by atoms with E-state index in [-0.39, 0.29) is 0 Å². The number of fused-ring (bicyclic) bond motifs is 12. The summed E-state index contributed by atoms with van der Waals surface area (Å²) in [5.41, 5.74) is 12.5. The minimum Gasteiger partial charge on any atom is -0.309 e. The number of hydrogen-bond donors (Lipinski definition) is 0. The predicted molar refractivity (Wildman–Crippen MR) is 227 cm³/mol. The van der Waals surface area contributed by atoms with Gasteiger partial charge in [0.05, 0.1) is 22.1 Å². The summed E-state index contributed by atoms with van der Waals surface area (Å²) in [7, 11) is 0. The van der Waals surface area contributed by atoms with Crippen molar-refractivity contribution in [1.82, 2.24) is 9.13 Å². The van der Waals surface area contributed by atoms with Gasteiger partial charge in [-0.15, -0.1) is 0 Å². The van der Waals surface area contributed by atoms with Gasteiger partial charge in [0, 0.05) is 32.9 Å². The van der Waals surface area contributed by atoms with Crippen LogP contribution in [0, 0.1) is 6.92 Å². The molecule has 250 valence electrons. The molecule has 11 rings (SSSR count). The SMILES string of the molecule is CCc1ccc(-n2c3ccccc3c3cc(-n4c5ccccc5c5ccccc54)ccc32)cc1-c1cc2c3ccccc3c3ccccc3c2cc1C. The van der Waals surface area contributed by atoms with E-state index in [2.05, 4.69) is 193 Å². The first-order valence-corrected chi connectivity index (χ1v) is 18.7. The Labute approximate surface area is 307 Å². The van der Waals surface area contributed by atoms with E-state index >= 15 is 0 Å². The predicted octanol–water partition coefficient (Wildman–Crippen LogP) is 13.9. The van der Waals surface area contributed by atoms with Gasteiger partial charge >= 0.3 is 0 Å². The normalized spacial score (nSPS) is 12.0. The minimum absolute atomic E-state index is 0.959. The van der Waals surface area contributed by atoms with Crippen molar-refractivity contribution in [3.8, 4) is 22.5 Å². The molecule has 0 unspecified atom stereocenters. The first kappa shape index (κ1) is 30.0. The van der Waals surface area contributed by atoms with Crippen LogP contribution in [0.5, 0.6) is 0 Å². The highest BCUT2D eigenvalue weighted by molar-refractivity contribution is 6.26. The summed E-state index contributed by atoms with van der Waals surface area (Å²) in [5.74, 6) is 0. The summed E-state index contributed by atoms with van der Waals surface area (Å²) < 4.78 is 4.88. The van der Waals surface area contributed by atoms with Crippen LogP contribution >= 0.6 is 0 Å². The van der Waals surface area contributed by atoms with Crippen LogP contribution in [0.3, 0.4) is 0 Å². The van der Waals surface area contributed by atoms with Gasteiger partial charge < -0.3 is 9.13 Å². The third kappa shape index (κ3) is 4.33. The lowest BCUT2D eigenvalue weighted by Gasteiger charge is -2.18. The van der Waals surface area contributed by atoms with E-state index in [1.54, 1.807) is 0 Å². The molecular weight excluding hydrogens is 641 g/mol. The molecule has 2 aromatic heterocycles. The standard InChI is InChI=1S/C51H36N2/c1-3-33-24-25-34(29-44(33)43-31-46-39-17-7-5-15-37(39)36-14-4-6-16-38(36)45(46)28-32(43)2)53-50-23-13-10-20-42(50)47-30-35(26-27-51(47)53)52-48-21-11-8-18-40(48)41-19-9-12-22-49(41)52/h4-31H,3H2,1-2H3. The van der Waals surface area contributed by atoms with Crippen LogP contribution in [0.1, 0.15) is 18.1 Å². The Balaban J connectivity index is 1.14. The van der Waals surface area contributed by atoms with E-state index in [0.29, 0.717) is 0 Å². The van der Waals surface area contributed by atoms with Crippen LogP contribution in [0.25, 0.3) is 98.4 Å². The highest BCUT2D eigenvalue weighted by atomic mass is 15.0. The van der Waals surface area contributed by atoms with Crippen molar-refractivity contribution >= 4 is 75.9 Å². The van der Waals surface area contributed by atoms with Crippen LogP contribution in [0.2, 0.25) is 0 Å². The van der Waals surface area contributed by atoms with Crippen molar-refractivity contribution in [2.24, 2.45) is 0 Å².